The number of carbonyl (C=O) groups excluding carboxylic acids is 1. The van der Waals surface area contributed by atoms with E-state index in [1.54, 1.807) is 24.3 Å². The van der Waals surface area contributed by atoms with Crippen LogP contribution in [-0.2, 0) is 0 Å². The minimum absolute atomic E-state index is 0.292. The Kier molecular flexibility index (Phi) is 4.92. The van der Waals surface area contributed by atoms with Gasteiger partial charge in [0.1, 0.15) is 5.75 Å². The van der Waals surface area contributed by atoms with Crippen molar-refractivity contribution < 1.29 is 9.53 Å². The molecular weight excluding hydrogens is 326 g/mol. The highest BCUT2D eigenvalue weighted by Crippen LogP contribution is 2.31. The number of benzene rings is 2. The first kappa shape index (κ1) is 17.1. The first-order valence-electron chi connectivity index (χ1n) is 8.11. The number of nitriles is 1. The summed E-state index contributed by atoms with van der Waals surface area (Å²) in [6.45, 7) is 9.39. The van der Waals surface area contributed by atoms with Crippen molar-refractivity contribution in [2.75, 3.05) is 6.61 Å². The third-order valence-corrected chi connectivity index (χ3v) is 3.93. The number of ether oxygens (including phenoxy) is 1. The Morgan fingerprint density at radius 3 is 2.69 bits per heavy atom. The van der Waals surface area contributed by atoms with E-state index in [-0.39, 0.29) is 0 Å². The Bertz CT molecular complexity index is 1030. The fraction of sp³-hybridized carbons (Fsp3) is 0.143. The van der Waals surface area contributed by atoms with Gasteiger partial charge in [0.05, 0.1) is 17.8 Å². The van der Waals surface area contributed by atoms with Crippen molar-refractivity contribution >= 4 is 16.7 Å². The Morgan fingerprint density at radius 2 is 2.04 bits per heavy atom. The van der Waals surface area contributed by atoms with Gasteiger partial charge in [-0.3, -0.25) is 9.64 Å². The second-order valence-electron chi connectivity index (χ2n) is 5.56. The smallest absolute Gasteiger partial charge is 0.368 e. The number of Topliss-reactive ketones (excluding diaryl/α,β-unsaturated/α-hetero) is 1. The van der Waals surface area contributed by atoms with Crippen LogP contribution in [0.25, 0.3) is 27.0 Å². The van der Waals surface area contributed by atoms with E-state index < -0.39 is 11.8 Å². The van der Waals surface area contributed by atoms with Crippen LogP contribution in [0.1, 0.15) is 17.3 Å². The van der Waals surface area contributed by atoms with Crippen LogP contribution in [0.5, 0.6) is 5.75 Å². The minimum Gasteiger partial charge on any atom is -0.493 e. The quantitative estimate of drug-likeness (QED) is 0.513. The molecule has 0 amide bonds. The molecule has 3 rings (SSSR count). The summed E-state index contributed by atoms with van der Waals surface area (Å²) in [6, 6.07) is 16.9. The molecule has 0 saturated carbocycles. The van der Waals surface area contributed by atoms with Gasteiger partial charge in [0.25, 0.3) is 5.78 Å². The Morgan fingerprint density at radius 1 is 1.27 bits per heavy atom. The van der Waals surface area contributed by atoms with Gasteiger partial charge in [0.15, 0.2) is 6.07 Å². The molecule has 1 atom stereocenters. The lowest BCUT2D eigenvalue weighted by atomic mass is 10.0. The lowest BCUT2D eigenvalue weighted by molar-refractivity contribution is 0.0991. The van der Waals surface area contributed by atoms with E-state index in [1.165, 1.54) is 0 Å². The summed E-state index contributed by atoms with van der Waals surface area (Å²) in [4.78, 5) is 20.0. The number of ketones is 1. The molecule has 1 aromatic heterocycles. The molecule has 0 N–H and O–H groups in total. The maximum atomic E-state index is 12.3. The van der Waals surface area contributed by atoms with Gasteiger partial charge in [-0.15, -0.1) is 0 Å². The maximum Gasteiger partial charge on any atom is 0.368 e. The molecule has 126 valence electrons. The van der Waals surface area contributed by atoms with Gasteiger partial charge in [-0.2, -0.15) is 5.26 Å². The monoisotopic (exact) mass is 341 g/mol. The number of hydrogen-bond donors (Lipinski definition) is 0. The number of rotatable bonds is 5. The van der Waals surface area contributed by atoms with Crippen molar-refractivity contribution in [3.63, 3.8) is 0 Å². The number of aromatic nitrogens is 1. The highest BCUT2D eigenvalue weighted by atomic mass is 16.5. The summed E-state index contributed by atoms with van der Waals surface area (Å²) in [5, 5.41) is 9.73. The highest BCUT2D eigenvalue weighted by molar-refractivity contribution is 6.05. The summed E-state index contributed by atoms with van der Waals surface area (Å²) >= 11 is 0. The van der Waals surface area contributed by atoms with Gasteiger partial charge in [-0.25, -0.2) is 11.6 Å². The van der Waals surface area contributed by atoms with E-state index in [0.717, 1.165) is 16.6 Å². The molecule has 0 aliphatic rings. The molecule has 0 saturated heterocycles. The number of fused-ring (bicyclic) bond motifs is 1. The van der Waals surface area contributed by atoms with Gasteiger partial charge >= 0.3 is 6.04 Å². The van der Waals surface area contributed by atoms with Crippen LogP contribution in [0.3, 0.4) is 0 Å². The van der Waals surface area contributed by atoms with Crippen LogP contribution in [-0.4, -0.2) is 23.4 Å². The van der Waals surface area contributed by atoms with Crippen LogP contribution < -0.4 is 4.74 Å². The molecule has 0 fully saturated rings. The predicted octanol–water partition coefficient (Wildman–Crippen LogP) is 4.29. The van der Waals surface area contributed by atoms with E-state index in [2.05, 4.69) is 9.83 Å². The SMILES string of the molecule is [C-]#[N+]C(C#N)C(=O)c1ccc2c(OCC)cc(-c3ccccc3)nc2c1. The van der Waals surface area contributed by atoms with E-state index in [9.17, 15) is 4.79 Å². The summed E-state index contributed by atoms with van der Waals surface area (Å²) in [6.07, 6.45) is 0. The van der Waals surface area contributed by atoms with Crippen molar-refractivity contribution in [1.29, 1.82) is 5.26 Å². The van der Waals surface area contributed by atoms with Gasteiger partial charge in [-0.05, 0) is 19.1 Å². The van der Waals surface area contributed by atoms with Crippen LogP contribution in [0.2, 0.25) is 0 Å². The van der Waals surface area contributed by atoms with Gasteiger partial charge in [-0.1, -0.05) is 36.4 Å². The molecule has 5 nitrogen and oxygen atoms in total. The molecule has 26 heavy (non-hydrogen) atoms. The standard InChI is InChI=1S/C21H15N3O2/c1-3-26-20-12-17(14-7-5-4-6-8-14)24-18-11-15(9-10-16(18)20)21(25)19(13-22)23-2/h4-12,19H,3H2,1H3. The summed E-state index contributed by atoms with van der Waals surface area (Å²) in [5.41, 5.74) is 2.54. The molecule has 5 heteroatoms. The molecule has 0 radical (unpaired) electrons. The van der Waals surface area contributed by atoms with Crippen LogP contribution in [0.4, 0.5) is 0 Å². The number of hydrogen-bond acceptors (Lipinski definition) is 4. The average molecular weight is 341 g/mol. The molecule has 1 unspecified atom stereocenters. The van der Waals surface area contributed by atoms with Crippen LogP contribution in [0.15, 0.2) is 54.6 Å². The number of pyridine rings is 1. The predicted molar refractivity (Wildman–Crippen MR) is 98.7 cm³/mol. The zero-order chi connectivity index (χ0) is 18.5. The maximum absolute atomic E-state index is 12.3. The second-order valence-corrected chi connectivity index (χ2v) is 5.56. The third kappa shape index (κ3) is 3.24. The Balaban J connectivity index is 2.17. The fourth-order valence-electron chi connectivity index (χ4n) is 2.69. The summed E-state index contributed by atoms with van der Waals surface area (Å²) in [7, 11) is 0. The lowest BCUT2D eigenvalue weighted by Gasteiger charge is -2.11. The lowest BCUT2D eigenvalue weighted by Crippen LogP contribution is -2.14. The fourth-order valence-corrected chi connectivity index (χ4v) is 2.69. The zero-order valence-electron chi connectivity index (χ0n) is 14.1. The molecule has 0 aliphatic carbocycles. The first-order valence-corrected chi connectivity index (χ1v) is 8.11. The van der Waals surface area contributed by atoms with Crippen molar-refractivity contribution in [1.82, 2.24) is 4.98 Å². The van der Waals surface area contributed by atoms with Crippen molar-refractivity contribution in [2.45, 2.75) is 13.0 Å². The molecule has 2 aromatic carbocycles. The van der Waals surface area contributed by atoms with E-state index in [4.69, 9.17) is 16.6 Å². The Labute approximate surface area is 151 Å². The molecule has 3 aromatic rings. The topological polar surface area (TPSA) is 67.3 Å². The van der Waals surface area contributed by atoms with Crippen LogP contribution in [0, 0.1) is 17.9 Å². The molecule has 1 heterocycles. The van der Waals surface area contributed by atoms with Gasteiger partial charge in [0.2, 0.25) is 0 Å². The number of carbonyl (C=O) groups is 1. The zero-order valence-corrected chi connectivity index (χ0v) is 14.1. The van der Waals surface area contributed by atoms with Crippen molar-refractivity contribution in [2.24, 2.45) is 0 Å². The molecule has 0 bridgehead atoms. The first-order chi connectivity index (χ1) is 12.7. The largest absolute Gasteiger partial charge is 0.493 e. The van der Waals surface area contributed by atoms with Crippen molar-refractivity contribution in [3.8, 4) is 23.1 Å². The molecule has 0 spiro atoms. The van der Waals surface area contributed by atoms with E-state index >= 15 is 0 Å². The van der Waals surface area contributed by atoms with E-state index in [1.807, 2.05) is 43.3 Å². The average Bonchev–Trinajstić information content (AvgIpc) is 2.69. The molecule has 0 aliphatic heterocycles. The van der Waals surface area contributed by atoms with Crippen molar-refractivity contribution in [3.05, 3.63) is 71.6 Å². The van der Waals surface area contributed by atoms with Gasteiger partial charge in [0, 0.05) is 22.6 Å². The number of nitrogens with zero attached hydrogens (tertiary/aromatic N) is 3. The second kappa shape index (κ2) is 7.46. The van der Waals surface area contributed by atoms with E-state index in [0.29, 0.717) is 23.4 Å². The highest BCUT2D eigenvalue weighted by Gasteiger charge is 2.24. The third-order valence-electron chi connectivity index (χ3n) is 3.93. The molecular formula is C21H15N3O2. The normalized spacial score (nSPS) is 11.3. The van der Waals surface area contributed by atoms with Crippen LogP contribution >= 0.6 is 0 Å². The van der Waals surface area contributed by atoms with Gasteiger partial charge < -0.3 is 4.74 Å². The summed E-state index contributed by atoms with van der Waals surface area (Å²) in [5.74, 6) is 0.159. The summed E-state index contributed by atoms with van der Waals surface area (Å²) < 4.78 is 5.75. The minimum atomic E-state index is -1.34. The Hall–Kier alpha value is -3.70.